The third kappa shape index (κ3) is 4.22. The molecule has 1 aromatic heterocycles. The number of aryl methyl sites for hydroxylation is 1. The van der Waals surface area contributed by atoms with Crippen LogP contribution >= 0.6 is 0 Å². The number of hydrogen-bond donors (Lipinski definition) is 0. The molecule has 0 fully saturated rings. The molecule has 3 nitrogen and oxygen atoms in total. The maximum Gasteiger partial charge on any atom is 0.454 e. The SMILES string of the molecule is CN(C)CCCn1ccc(C(=O)C(F)(F)F)c1. The molecule has 0 saturated heterocycles. The van der Waals surface area contributed by atoms with Gasteiger partial charge in [0, 0.05) is 24.5 Å². The average molecular weight is 248 g/mol. The van der Waals surface area contributed by atoms with Crippen molar-refractivity contribution < 1.29 is 18.0 Å². The Labute approximate surface area is 97.8 Å². The van der Waals surface area contributed by atoms with Crippen molar-refractivity contribution in [2.45, 2.75) is 19.1 Å². The molecule has 0 spiro atoms. The van der Waals surface area contributed by atoms with Crippen molar-refractivity contribution in [3.05, 3.63) is 24.0 Å². The zero-order chi connectivity index (χ0) is 13.1. The van der Waals surface area contributed by atoms with Gasteiger partial charge >= 0.3 is 6.18 Å². The van der Waals surface area contributed by atoms with Crippen LogP contribution in [0.4, 0.5) is 13.2 Å². The van der Waals surface area contributed by atoms with E-state index in [1.54, 1.807) is 4.57 Å². The van der Waals surface area contributed by atoms with Gasteiger partial charge in [0.25, 0.3) is 5.78 Å². The highest BCUT2D eigenvalue weighted by Crippen LogP contribution is 2.21. The smallest absolute Gasteiger partial charge is 0.353 e. The summed E-state index contributed by atoms with van der Waals surface area (Å²) < 4.78 is 38.0. The van der Waals surface area contributed by atoms with Gasteiger partial charge in [-0.15, -0.1) is 0 Å². The lowest BCUT2D eigenvalue weighted by molar-refractivity contribution is -0.0885. The molecule has 17 heavy (non-hydrogen) atoms. The van der Waals surface area contributed by atoms with Crippen molar-refractivity contribution >= 4 is 5.78 Å². The third-order valence-corrected chi connectivity index (χ3v) is 2.29. The highest BCUT2D eigenvalue weighted by atomic mass is 19.4. The van der Waals surface area contributed by atoms with Gasteiger partial charge in [-0.1, -0.05) is 0 Å². The highest BCUT2D eigenvalue weighted by molar-refractivity contribution is 6.00. The summed E-state index contributed by atoms with van der Waals surface area (Å²) in [6.07, 6.45) is -1.24. The Bertz CT molecular complexity index is 382. The van der Waals surface area contributed by atoms with Gasteiger partial charge in [0.1, 0.15) is 0 Å². The first-order valence-electron chi connectivity index (χ1n) is 5.23. The first kappa shape index (κ1) is 13.8. The molecule has 0 saturated carbocycles. The summed E-state index contributed by atoms with van der Waals surface area (Å²) in [5.41, 5.74) is -0.303. The Morgan fingerprint density at radius 2 is 2.06 bits per heavy atom. The molecule has 1 aromatic rings. The molecule has 1 heterocycles. The minimum absolute atomic E-state index is 0.303. The van der Waals surface area contributed by atoms with E-state index >= 15 is 0 Å². The lowest BCUT2D eigenvalue weighted by Crippen LogP contribution is -2.22. The summed E-state index contributed by atoms with van der Waals surface area (Å²) in [4.78, 5) is 12.9. The van der Waals surface area contributed by atoms with Crippen LogP contribution in [0.1, 0.15) is 16.8 Å². The van der Waals surface area contributed by atoms with Crippen LogP contribution in [0.15, 0.2) is 18.5 Å². The van der Waals surface area contributed by atoms with E-state index in [0.717, 1.165) is 13.0 Å². The predicted molar refractivity (Wildman–Crippen MR) is 58.0 cm³/mol. The molecule has 0 aliphatic heterocycles. The van der Waals surface area contributed by atoms with Crippen molar-refractivity contribution in [2.75, 3.05) is 20.6 Å². The zero-order valence-electron chi connectivity index (χ0n) is 9.79. The number of carbonyl (C=O) groups is 1. The van der Waals surface area contributed by atoms with E-state index in [4.69, 9.17) is 0 Å². The number of ketones is 1. The minimum atomic E-state index is -4.80. The minimum Gasteiger partial charge on any atom is -0.353 e. The molecule has 0 aromatic carbocycles. The Hall–Kier alpha value is -1.30. The quantitative estimate of drug-likeness (QED) is 0.746. The van der Waals surface area contributed by atoms with Crippen LogP contribution in [-0.4, -0.2) is 42.1 Å². The molecule has 0 amide bonds. The first-order chi connectivity index (χ1) is 7.80. The van der Waals surface area contributed by atoms with Gasteiger partial charge in [-0.05, 0) is 33.1 Å². The molecule has 0 aliphatic carbocycles. The number of nitrogens with zero attached hydrogens (tertiary/aromatic N) is 2. The maximum atomic E-state index is 12.1. The van der Waals surface area contributed by atoms with E-state index in [2.05, 4.69) is 0 Å². The van der Waals surface area contributed by atoms with Crippen LogP contribution in [0, 0.1) is 0 Å². The predicted octanol–water partition coefficient (Wildman–Crippen LogP) is 2.18. The van der Waals surface area contributed by atoms with Crippen LogP contribution in [0.25, 0.3) is 0 Å². The van der Waals surface area contributed by atoms with Crippen molar-refractivity contribution in [3.63, 3.8) is 0 Å². The molecule has 0 N–H and O–H groups in total. The second-order valence-electron chi connectivity index (χ2n) is 4.12. The molecular formula is C11H15F3N2O. The standard InChI is InChI=1S/C11H15F3N2O/c1-15(2)5-3-6-16-7-4-9(8-16)10(17)11(12,13)14/h4,7-8H,3,5-6H2,1-2H3. The van der Waals surface area contributed by atoms with E-state index in [9.17, 15) is 18.0 Å². The average Bonchev–Trinajstić information content (AvgIpc) is 2.63. The fourth-order valence-electron chi connectivity index (χ4n) is 1.45. The number of alkyl halides is 3. The van der Waals surface area contributed by atoms with E-state index in [1.165, 1.54) is 18.5 Å². The Morgan fingerprint density at radius 3 is 2.59 bits per heavy atom. The number of Topliss-reactive ketones (excluding diaryl/α,β-unsaturated/α-hetero) is 1. The van der Waals surface area contributed by atoms with Crippen molar-refractivity contribution in [1.29, 1.82) is 0 Å². The van der Waals surface area contributed by atoms with Gasteiger partial charge < -0.3 is 9.47 Å². The molecule has 0 radical (unpaired) electrons. The van der Waals surface area contributed by atoms with Gasteiger partial charge in [0.05, 0.1) is 0 Å². The van der Waals surface area contributed by atoms with E-state index in [0.29, 0.717) is 6.54 Å². The summed E-state index contributed by atoms with van der Waals surface area (Å²) in [6, 6.07) is 1.20. The third-order valence-electron chi connectivity index (χ3n) is 2.29. The van der Waals surface area contributed by atoms with Gasteiger partial charge in [-0.2, -0.15) is 13.2 Å². The van der Waals surface area contributed by atoms with E-state index < -0.39 is 12.0 Å². The molecule has 0 atom stereocenters. The van der Waals surface area contributed by atoms with Gasteiger partial charge in [-0.25, -0.2) is 0 Å². The Morgan fingerprint density at radius 1 is 1.41 bits per heavy atom. The van der Waals surface area contributed by atoms with E-state index in [-0.39, 0.29) is 5.56 Å². The molecule has 6 heteroatoms. The zero-order valence-corrected chi connectivity index (χ0v) is 9.79. The fourth-order valence-corrected chi connectivity index (χ4v) is 1.45. The highest BCUT2D eigenvalue weighted by Gasteiger charge is 2.39. The largest absolute Gasteiger partial charge is 0.454 e. The fraction of sp³-hybridized carbons (Fsp3) is 0.545. The molecule has 0 unspecified atom stereocenters. The Balaban J connectivity index is 2.57. The van der Waals surface area contributed by atoms with Crippen molar-refractivity contribution in [3.8, 4) is 0 Å². The summed E-state index contributed by atoms with van der Waals surface area (Å²) >= 11 is 0. The molecule has 96 valence electrons. The molecule has 0 aliphatic rings. The van der Waals surface area contributed by atoms with Crippen LogP contribution in [0.2, 0.25) is 0 Å². The molecule has 1 rings (SSSR count). The van der Waals surface area contributed by atoms with Crippen LogP contribution in [0.5, 0.6) is 0 Å². The van der Waals surface area contributed by atoms with Crippen molar-refractivity contribution in [1.82, 2.24) is 9.47 Å². The van der Waals surface area contributed by atoms with Gasteiger partial charge in [0.15, 0.2) is 0 Å². The van der Waals surface area contributed by atoms with Gasteiger partial charge in [0.2, 0.25) is 0 Å². The van der Waals surface area contributed by atoms with E-state index in [1.807, 2.05) is 19.0 Å². The van der Waals surface area contributed by atoms with Gasteiger partial charge in [-0.3, -0.25) is 4.79 Å². The lowest BCUT2D eigenvalue weighted by Gasteiger charge is -2.09. The summed E-state index contributed by atoms with van der Waals surface area (Å²) in [7, 11) is 3.85. The normalized spacial score (nSPS) is 12.1. The number of aromatic nitrogens is 1. The second kappa shape index (κ2) is 5.35. The molecular weight excluding hydrogens is 233 g/mol. The number of rotatable bonds is 5. The maximum absolute atomic E-state index is 12.1. The summed E-state index contributed by atoms with van der Waals surface area (Å²) in [5, 5.41) is 0. The number of hydrogen-bond acceptors (Lipinski definition) is 2. The van der Waals surface area contributed by atoms with Crippen LogP contribution in [-0.2, 0) is 6.54 Å². The van der Waals surface area contributed by atoms with Crippen LogP contribution < -0.4 is 0 Å². The second-order valence-corrected chi connectivity index (χ2v) is 4.12. The number of halogens is 3. The van der Waals surface area contributed by atoms with Crippen molar-refractivity contribution in [2.24, 2.45) is 0 Å². The Kier molecular flexibility index (Phi) is 4.34. The topological polar surface area (TPSA) is 25.2 Å². The summed E-state index contributed by atoms with van der Waals surface area (Å²) in [5.74, 6) is -1.79. The first-order valence-corrected chi connectivity index (χ1v) is 5.23. The monoisotopic (exact) mass is 248 g/mol. The lowest BCUT2D eigenvalue weighted by atomic mass is 10.2. The van der Waals surface area contributed by atoms with Crippen LogP contribution in [0.3, 0.4) is 0 Å². The molecule has 0 bridgehead atoms. The number of carbonyl (C=O) groups excluding carboxylic acids is 1. The summed E-state index contributed by atoms with van der Waals surface area (Å²) in [6.45, 7) is 1.45.